The first-order valence-corrected chi connectivity index (χ1v) is 9.72. The highest BCUT2D eigenvalue weighted by Gasteiger charge is 2.30. The number of anilines is 1. The first kappa shape index (κ1) is 19.7. The summed E-state index contributed by atoms with van der Waals surface area (Å²) in [5.41, 5.74) is 4.19. The fourth-order valence-corrected chi connectivity index (χ4v) is 3.42. The van der Waals surface area contributed by atoms with E-state index in [1.54, 1.807) is 41.3 Å². The van der Waals surface area contributed by atoms with Gasteiger partial charge in [0.1, 0.15) is 0 Å². The minimum atomic E-state index is -0.424. The topological polar surface area (TPSA) is 46.6 Å². The second-order valence-electron chi connectivity index (χ2n) is 6.73. The number of ether oxygens (including phenoxy) is 1. The quantitative estimate of drug-likeness (QED) is 0.411. The first-order chi connectivity index (χ1) is 14.6. The van der Waals surface area contributed by atoms with Crippen LogP contribution in [0.3, 0.4) is 0 Å². The van der Waals surface area contributed by atoms with Crippen molar-refractivity contribution in [3.8, 4) is 0 Å². The minimum absolute atomic E-state index is 0.144. The highest BCUT2D eigenvalue weighted by molar-refractivity contribution is 6.30. The van der Waals surface area contributed by atoms with Crippen LogP contribution in [0, 0.1) is 0 Å². The van der Waals surface area contributed by atoms with Gasteiger partial charge >= 0.3 is 5.97 Å². The van der Waals surface area contributed by atoms with Gasteiger partial charge in [0.05, 0.1) is 18.4 Å². The lowest BCUT2D eigenvalue weighted by Gasteiger charge is -2.21. The summed E-state index contributed by atoms with van der Waals surface area (Å²) in [5, 5.41) is 0.623. The summed E-state index contributed by atoms with van der Waals surface area (Å²) in [6.45, 7) is 0. The summed E-state index contributed by atoms with van der Waals surface area (Å²) in [6.07, 6.45) is 3.73. The van der Waals surface area contributed by atoms with Crippen LogP contribution in [0.5, 0.6) is 0 Å². The van der Waals surface area contributed by atoms with Gasteiger partial charge in [0.2, 0.25) is 0 Å². The van der Waals surface area contributed by atoms with Crippen LogP contribution in [0.1, 0.15) is 21.5 Å². The number of hydrogen-bond acceptors (Lipinski definition) is 3. The van der Waals surface area contributed by atoms with Crippen LogP contribution in [0.25, 0.3) is 11.8 Å². The molecular formula is C25H18ClNO3. The van der Waals surface area contributed by atoms with E-state index < -0.39 is 5.97 Å². The van der Waals surface area contributed by atoms with E-state index >= 15 is 0 Å². The fraction of sp³-hybridized carbons (Fsp3) is 0.0400. The molecule has 0 saturated heterocycles. The van der Waals surface area contributed by atoms with Crippen molar-refractivity contribution in [1.82, 2.24) is 0 Å². The Morgan fingerprint density at radius 1 is 0.933 bits per heavy atom. The zero-order valence-corrected chi connectivity index (χ0v) is 17.0. The fourth-order valence-electron chi connectivity index (χ4n) is 3.30. The van der Waals surface area contributed by atoms with E-state index in [0.717, 1.165) is 16.8 Å². The molecule has 4 nitrogen and oxygen atoms in total. The number of esters is 1. The van der Waals surface area contributed by atoms with Crippen LogP contribution in [0.2, 0.25) is 5.02 Å². The smallest absolute Gasteiger partial charge is 0.337 e. The molecule has 0 radical (unpaired) electrons. The van der Waals surface area contributed by atoms with Gasteiger partial charge in [0, 0.05) is 16.3 Å². The van der Waals surface area contributed by atoms with E-state index in [4.69, 9.17) is 16.3 Å². The number of carbonyl (C=O) groups excluding carboxylic acids is 2. The van der Waals surface area contributed by atoms with Crippen molar-refractivity contribution in [3.05, 3.63) is 112 Å². The van der Waals surface area contributed by atoms with Crippen LogP contribution in [0.4, 0.5) is 5.69 Å². The Bertz CT molecular complexity index is 1150. The van der Waals surface area contributed by atoms with Crippen molar-refractivity contribution in [2.75, 3.05) is 12.0 Å². The van der Waals surface area contributed by atoms with E-state index in [9.17, 15) is 9.59 Å². The Morgan fingerprint density at radius 3 is 2.23 bits per heavy atom. The third-order valence-corrected chi connectivity index (χ3v) is 5.04. The van der Waals surface area contributed by atoms with Crippen LogP contribution < -0.4 is 4.90 Å². The average Bonchev–Trinajstić information content (AvgIpc) is 3.10. The maximum absolute atomic E-state index is 13.3. The van der Waals surface area contributed by atoms with Crippen molar-refractivity contribution in [3.63, 3.8) is 0 Å². The third kappa shape index (κ3) is 3.91. The molecule has 1 amide bonds. The van der Waals surface area contributed by atoms with Crippen LogP contribution >= 0.6 is 11.6 Å². The van der Waals surface area contributed by atoms with E-state index in [1.165, 1.54) is 7.11 Å². The van der Waals surface area contributed by atoms with Crippen LogP contribution in [0.15, 0.2) is 90.5 Å². The number of carbonyl (C=O) groups is 2. The van der Waals surface area contributed by atoms with Gasteiger partial charge in [0.15, 0.2) is 0 Å². The van der Waals surface area contributed by atoms with Crippen molar-refractivity contribution in [1.29, 1.82) is 0 Å². The molecule has 148 valence electrons. The minimum Gasteiger partial charge on any atom is -0.465 e. The van der Waals surface area contributed by atoms with Crippen molar-refractivity contribution in [2.45, 2.75) is 0 Å². The molecule has 4 rings (SSSR count). The molecule has 0 spiro atoms. The van der Waals surface area contributed by atoms with Crippen molar-refractivity contribution >= 4 is 40.9 Å². The Labute approximate surface area is 179 Å². The summed E-state index contributed by atoms with van der Waals surface area (Å²) in [7, 11) is 1.34. The van der Waals surface area contributed by atoms with Gasteiger partial charge in [-0.2, -0.15) is 0 Å². The van der Waals surface area contributed by atoms with E-state index in [1.807, 2.05) is 54.6 Å². The standard InChI is InChI=1S/C25H18ClNO3/c1-30-25(29)19-9-13-22(14-10-19)27-23(18-7-11-21(26)12-8-18)16-20(24(27)28)15-17-5-3-2-4-6-17/h2-16H,1H3/b20-15+. The molecule has 30 heavy (non-hydrogen) atoms. The highest BCUT2D eigenvalue weighted by Crippen LogP contribution is 2.35. The Morgan fingerprint density at radius 2 is 1.60 bits per heavy atom. The average molecular weight is 416 g/mol. The Kier molecular flexibility index (Phi) is 5.50. The molecule has 0 atom stereocenters. The monoisotopic (exact) mass is 415 g/mol. The molecule has 1 aliphatic rings. The zero-order chi connectivity index (χ0) is 21.1. The van der Waals surface area contributed by atoms with Crippen LogP contribution in [-0.2, 0) is 9.53 Å². The first-order valence-electron chi connectivity index (χ1n) is 9.34. The summed E-state index contributed by atoms with van der Waals surface area (Å²) in [6, 6.07) is 23.8. The normalized spacial score (nSPS) is 14.7. The van der Waals surface area contributed by atoms with Gasteiger partial charge in [-0.15, -0.1) is 0 Å². The number of hydrogen-bond donors (Lipinski definition) is 0. The zero-order valence-electron chi connectivity index (χ0n) is 16.2. The number of methoxy groups -OCH3 is 1. The molecule has 1 aliphatic heterocycles. The molecular weight excluding hydrogens is 398 g/mol. The predicted octanol–water partition coefficient (Wildman–Crippen LogP) is 5.60. The number of benzene rings is 3. The van der Waals surface area contributed by atoms with Crippen LogP contribution in [-0.4, -0.2) is 19.0 Å². The van der Waals surface area contributed by atoms with E-state index in [0.29, 0.717) is 21.8 Å². The number of halogens is 1. The third-order valence-electron chi connectivity index (χ3n) is 4.79. The maximum atomic E-state index is 13.3. The second kappa shape index (κ2) is 8.39. The lowest BCUT2D eigenvalue weighted by Crippen LogP contribution is -2.25. The lowest BCUT2D eigenvalue weighted by atomic mass is 10.1. The Hall–Kier alpha value is -3.63. The number of amides is 1. The van der Waals surface area contributed by atoms with E-state index in [2.05, 4.69) is 0 Å². The molecule has 0 N–H and O–H groups in total. The highest BCUT2D eigenvalue weighted by atomic mass is 35.5. The molecule has 0 aromatic heterocycles. The second-order valence-corrected chi connectivity index (χ2v) is 7.16. The van der Waals surface area contributed by atoms with Gasteiger partial charge in [0.25, 0.3) is 5.91 Å². The predicted molar refractivity (Wildman–Crippen MR) is 119 cm³/mol. The van der Waals surface area contributed by atoms with Gasteiger partial charge in [-0.05, 0) is 59.7 Å². The largest absolute Gasteiger partial charge is 0.465 e. The Balaban J connectivity index is 1.78. The van der Waals surface area contributed by atoms with Crippen molar-refractivity contribution in [2.24, 2.45) is 0 Å². The molecule has 0 unspecified atom stereocenters. The SMILES string of the molecule is COC(=O)c1ccc(N2C(=O)/C(=C/c3ccccc3)C=C2c2ccc(Cl)cc2)cc1. The lowest BCUT2D eigenvalue weighted by molar-refractivity contribution is -0.113. The summed E-state index contributed by atoms with van der Waals surface area (Å²) in [4.78, 5) is 26.7. The van der Waals surface area contributed by atoms with E-state index in [-0.39, 0.29) is 5.91 Å². The van der Waals surface area contributed by atoms with Gasteiger partial charge < -0.3 is 4.74 Å². The van der Waals surface area contributed by atoms with Gasteiger partial charge in [-0.25, -0.2) is 4.79 Å². The summed E-state index contributed by atoms with van der Waals surface area (Å²) < 4.78 is 4.76. The summed E-state index contributed by atoms with van der Waals surface area (Å²) in [5.74, 6) is -0.568. The van der Waals surface area contributed by atoms with Gasteiger partial charge in [-0.3, -0.25) is 9.69 Å². The van der Waals surface area contributed by atoms with Crippen molar-refractivity contribution < 1.29 is 14.3 Å². The van der Waals surface area contributed by atoms with Gasteiger partial charge in [-0.1, -0.05) is 54.1 Å². The number of rotatable bonds is 4. The molecule has 1 heterocycles. The molecule has 5 heteroatoms. The molecule has 0 bridgehead atoms. The number of nitrogens with zero attached hydrogens (tertiary/aromatic N) is 1. The molecule has 0 fully saturated rings. The molecule has 3 aromatic carbocycles. The molecule has 0 aliphatic carbocycles. The molecule has 0 saturated carbocycles. The maximum Gasteiger partial charge on any atom is 0.337 e. The summed E-state index contributed by atoms with van der Waals surface area (Å²) >= 11 is 6.04. The molecule has 3 aromatic rings.